The summed E-state index contributed by atoms with van der Waals surface area (Å²) in [5, 5.41) is 7.77. The van der Waals surface area contributed by atoms with Crippen LogP contribution in [-0.4, -0.2) is 30.3 Å². The number of amides is 3. The van der Waals surface area contributed by atoms with Crippen molar-refractivity contribution in [1.29, 1.82) is 0 Å². The number of imide groups is 1. The number of benzene rings is 2. The third-order valence-corrected chi connectivity index (χ3v) is 4.31. The van der Waals surface area contributed by atoms with Crippen molar-refractivity contribution in [2.24, 2.45) is 5.10 Å². The van der Waals surface area contributed by atoms with E-state index in [-0.39, 0.29) is 5.91 Å². The Morgan fingerprint density at radius 3 is 2.40 bits per heavy atom. The fraction of sp³-hybridized carbons (Fsp3) is 0.211. The lowest BCUT2D eigenvalue weighted by molar-refractivity contribution is -0.131. The van der Waals surface area contributed by atoms with Crippen LogP contribution in [0.1, 0.15) is 24.5 Å². The van der Waals surface area contributed by atoms with Crippen molar-refractivity contribution in [2.75, 3.05) is 7.11 Å². The molecule has 1 atom stereocenters. The van der Waals surface area contributed by atoms with Crippen LogP contribution < -0.4 is 10.1 Å². The van der Waals surface area contributed by atoms with Gasteiger partial charge in [0.25, 0.3) is 5.91 Å². The van der Waals surface area contributed by atoms with E-state index >= 15 is 0 Å². The smallest absolute Gasteiger partial charge is 0.346 e. The van der Waals surface area contributed by atoms with Crippen molar-refractivity contribution in [2.45, 2.75) is 18.9 Å². The zero-order valence-electron chi connectivity index (χ0n) is 14.1. The van der Waals surface area contributed by atoms with Crippen LogP contribution in [0.15, 0.2) is 59.7 Å². The van der Waals surface area contributed by atoms with Gasteiger partial charge in [-0.15, -0.1) is 5.01 Å². The predicted octanol–water partition coefficient (Wildman–Crippen LogP) is 2.89. The number of nitrogens with zero attached hydrogens (tertiary/aromatic N) is 2. The summed E-state index contributed by atoms with van der Waals surface area (Å²) in [5.74, 6) is 0.345. The highest BCUT2D eigenvalue weighted by Crippen LogP contribution is 2.32. The van der Waals surface area contributed by atoms with E-state index < -0.39 is 11.6 Å². The maximum absolute atomic E-state index is 12.9. The minimum absolute atomic E-state index is 0.379. The molecule has 2 aromatic rings. The molecule has 6 nitrogen and oxygen atoms in total. The molecule has 2 aromatic carbocycles. The van der Waals surface area contributed by atoms with E-state index in [0.29, 0.717) is 6.42 Å². The predicted molar refractivity (Wildman–Crippen MR) is 94.4 cm³/mol. The number of hydrogen-bond acceptors (Lipinski definition) is 4. The van der Waals surface area contributed by atoms with Crippen LogP contribution in [0.25, 0.3) is 0 Å². The number of rotatable bonds is 5. The zero-order chi connectivity index (χ0) is 17.9. The Hall–Kier alpha value is -3.15. The summed E-state index contributed by atoms with van der Waals surface area (Å²) in [4.78, 5) is 25.2. The molecular weight excluding hydrogens is 318 g/mol. The van der Waals surface area contributed by atoms with Crippen molar-refractivity contribution in [3.05, 3.63) is 65.7 Å². The molecule has 25 heavy (non-hydrogen) atoms. The third kappa shape index (κ3) is 2.98. The first-order chi connectivity index (χ1) is 12.1. The highest BCUT2D eigenvalue weighted by atomic mass is 16.5. The average molecular weight is 337 g/mol. The van der Waals surface area contributed by atoms with Gasteiger partial charge in [-0.1, -0.05) is 37.3 Å². The molecule has 1 aliphatic rings. The summed E-state index contributed by atoms with van der Waals surface area (Å²) in [7, 11) is 1.59. The summed E-state index contributed by atoms with van der Waals surface area (Å²) in [5.41, 5.74) is 0.434. The van der Waals surface area contributed by atoms with Crippen LogP contribution >= 0.6 is 0 Å². The molecule has 3 amide bonds. The van der Waals surface area contributed by atoms with Crippen molar-refractivity contribution in [1.82, 2.24) is 10.3 Å². The average Bonchev–Trinajstić information content (AvgIpc) is 2.92. The summed E-state index contributed by atoms with van der Waals surface area (Å²) < 4.78 is 5.10. The second-order valence-corrected chi connectivity index (χ2v) is 5.69. The van der Waals surface area contributed by atoms with Gasteiger partial charge in [0.15, 0.2) is 0 Å². The van der Waals surface area contributed by atoms with E-state index in [1.54, 1.807) is 31.4 Å². The number of carbonyl (C=O) groups is 2. The quantitative estimate of drug-likeness (QED) is 0.674. The van der Waals surface area contributed by atoms with Crippen LogP contribution in [0.3, 0.4) is 0 Å². The van der Waals surface area contributed by atoms with Crippen molar-refractivity contribution < 1.29 is 14.3 Å². The zero-order valence-corrected chi connectivity index (χ0v) is 14.1. The van der Waals surface area contributed by atoms with Gasteiger partial charge in [0.05, 0.1) is 13.3 Å². The molecule has 128 valence electrons. The first-order valence-corrected chi connectivity index (χ1v) is 8.01. The Morgan fingerprint density at radius 1 is 1.12 bits per heavy atom. The first kappa shape index (κ1) is 16.7. The molecule has 1 saturated heterocycles. The van der Waals surface area contributed by atoms with E-state index in [0.717, 1.165) is 21.9 Å². The molecular formula is C19H19N3O3. The first-order valence-electron chi connectivity index (χ1n) is 8.01. The molecule has 6 heteroatoms. The number of carbonyl (C=O) groups excluding carboxylic acids is 2. The van der Waals surface area contributed by atoms with Gasteiger partial charge in [0.2, 0.25) is 0 Å². The highest BCUT2D eigenvalue weighted by Gasteiger charge is 2.51. The Kier molecular flexibility index (Phi) is 4.52. The van der Waals surface area contributed by atoms with Crippen LogP contribution in [0.2, 0.25) is 0 Å². The van der Waals surface area contributed by atoms with Gasteiger partial charge < -0.3 is 10.1 Å². The van der Waals surface area contributed by atoms with Gasteiger partial charge in [-0.3, -0.25) is 4.79 Å². The number of methoxy groups -OCH3 is 1. The van der Waals surface area contributed by atoms with Crippen molar-refractivity contribution >= 4 is 18.2 Å². The van der Waals surface area contributed by atoms with Crippen LogP contribution in [0.4, 0.5) is 4.79 Å². The van der Waals surface area contributed by atoms with E-state index in [2.05, 4.69) is 10.4 Å². The fourth-order valence-electron chi connectivity index (χ4n) is 2.84. The van der Waals surface area contributed by atoms with Gasteiger partial charge in [-0.2, -0.15) is 5.10 Å². The van der Waals surface area contributed by atoms with E-state index in [9.17, 15) is 9.59 Å². The molecule has 0 unspecified atom stereocenters. The van der Waals surface area contributed by atoms with Crippen molar-refractivity contribution in [3.8, 4) is 5.75 Å². The number of nitrogens with one attached hydrogen (secondary N) is 1. The lowest BCUT2D eigenvalue weighted by Gasteiger charge is -2.24. The second kappa shape index (κ2) is 6.76. The van der Waals surface area contributed by atoms with E-state index in [1.807, 2.05) is 37.3 Å². The molecule has 3 rings (SSSR count). The summed E-state index contributed by atoms with van der Waals surface area (Å²) >= 11 is 0. The molecule has 0 bridgehead atoms. The topological polar surface area (TPSA) is 71.0 Å². The second-order valence-electron chi connectivity index (χ2n) is 5.69. The number of hydrogen-bond donors (Lipinski definition) is 1. The van der Waals surface area contributed by atoms with E-state index in [1.165, 1.54) is 6.21 Å². The summed E-state index contributed by atoms with van der Waals surface area (Å²) in [6, 6.07) is 15.9. The Balaban J connectivity index is 1.86. The standard InChI is InChI=1S/C19H19N3O3/c1-3-19(15-7-5-4-6-8-15)17(23)22(18(24)21-19)20-13-14-9-11-16(25-2)12-10-14/h4-13H,3H2,1-2H3,(H,21,24)/b20-13-/t19-/m0/s1. The number of urea groups is 1. The lowest BCUT2D eigenvalue weighted by atomic mass is 9.87. The third-order valence-electron chi connectivity index (χ3n) is 4.31. The highest BCUT2D eigenvalue weighted by molar-refractivity contribution is 6.07. The Bertz CT molecular complexity index is 802. The van der Waals surface area contributed by atoms with Gasteiger partial charge in [-0.05, 0) is 41.8 Å². The van der Waals surface area contributed by atoms with Crippen LogP contribution in [0, 0.1) is 0 Å². The van der Waals surface area contributed by atoms with Gasteiger partial charge >= 0.3 is 6.03 Å². The fourth-order valence-corrected chi connectivity index (χ4v) is 2.84. The molecule has 0 spiro atoms. The van der Waals surface area contributed by atoms with Crippen molar-refractivity contribution in [3.63, 3.8) is 0 Å². The molecule has 1 fully saturated rings. The summed E-state index contributed by atoms with van der Waals surface area (Å²) in [6.45, 7) is 1.86. The molecule has 0 radical (unpaired) electrons. The van der Waals surface area contributed by atoms with Crippen LogP contribution in [-0.2, 0) is 10.3 Å². The maximum Gasteiger partial charge on any atom is 0.346 e. The van der Waals surface area contributed by atoms with Gasteiger partial charge in [0, 0.05) is 0 Å². The SMILES string of the molecule is CC[C@@]1(c2ccccc2)NC(=O)N(/N=C\c2ccc(OC)cc2)C1=O. The minimum atomic E-state index is -1.07. The molecule has 0 aromatic heterocycles. The lowest BCUT2D eigenvalue weighted by Crippen LogP contribution is -2.43. The summed E-state index contributed by atoms with van der Waals surface area (Å²) in [6.07, 6.45) is 1.92. The molecule has 1 heterocycles. The molecule has 1 N–H and O–H groups in total. The van der Waals surface area contributed by atoms with Gasteiger partial charge in [0.1, 0.15) is 11.3 Å². The maximum atomic E-state index is 12.9. The molecule has 0 aliphatic carbocycles. The normalized spacial score (nSPS) is 20.2. The number of ether oxygens (including phenoxy) is 1. The minimum Gasteiger partial charge on any atom is -0.497 e. The Labute approximate surface area is 146 Å². The van der Waals surface area contributed by atoms with E-state index in [4.69, 9.17) is 4.74 Å². The molecule has 1 aliphatic heterocycles. The van der Waals surface area contributed by atoms with Crippen LogP contribution in [0.5, 0.6) is 5.75 Å². The van der Waals surface area contributed by atoms with Gasteiger partial charge in [-0.25, -0.2) is 4.79 Å². The largest absolute Gasteiger partial charge is 0.497 e. The monoisotopic (exact) mass is 337 g/mol. The molecule has 0 saturated carbocycles. The number of hydrazone groups is 1. The Morgan fingerprint density at radius 2 is 1.80 bits per heavy atom.